The number of fused-ring (bicyclic) bond motifs is 2. The van der Waals surface area contributed by atoms with Gasteiger partial charge in [0.1, 0.15) is 5.52 Å². The molecule has 3 aliphatic rings. The Labute approximate surface area is 217 Å². The molecule has 2 aromatic heterocycles. The Morgan fingerprint density at radius 3 is 2.69 bits per heavy atom. The molecule has 2 saturated heterocycles. The Kier molecular flexibility index (Phi) is 5.72. The fourth-order valence-corrected chi connectivity index (χ4v) is 7.31. The monoisotopic (exact) mass is 527 g/mol. The summed E-state index contributed by atoms with van der Waals surface area (Å²) >= 11 is 7.73. The molecule has 6 nitrogen and oxygen atoms in total. The number of piperidine rings is 1. The van der Waals surface area contributed by atoms with Crippen LogP contribution < -0.4 is 5.32 Å². The van der Waals surface area contributed by atoms with Gasteiger partial charge in [-0.25, -0.2) is 4.39 Å². The average molecular weight is 528 g/mol. The van der Waals surface area contributed by atoms with E-state index in [4.69, 9.17) is 16.3 Å². The molecule has 36 heavy (non-hydrogen) atoms. The van der Waals surface area contributed by atoms with Crippen molar-refractivity contribution in [2.45, 2.75) is 39.8 Å². The first-order valence-electron chi connectivity index (χ1n) is 12.2. The number of carbonyl (C=O) groups excluding carboxylic acids is 2. The van der Waals surface area contributed by atoms with Gasteiger partial charge in [-0.3, -0.25) is 19.5 Å². The van der Waals surface area contributed by atoms with Gasteiger partial charge in [0, 0.05) is 36.3 Å². The largest absolute Gasteiger partial charge is 0.375 e. The first-order chi connectivity index (χ1) is 17.2. The Morgan fingerprint density at radius 2 is 2.00 bits per heavy atom. The maximum atomic E-state index is 15.6. The number of nitrogens with zero attached hydrogens (tertiary/aromatic N) is 2. The molecule has 0 radical (unpaired) electrons. The number of morpholine rings is 1. The highest BCUT2D eigenvalue weighted by Crippen LogP contribution is 2.63. The SMILES string of the molecule is Cc1cc(Cl)cc(-c2ccnc3c(F)c(CN4C(=O)C5C(C4=O)C5(C)C)sc23)c1CC1CNCCO1. The van der Waals surface area contributed by atoms with Crippen molar-refractivity contribution in [1.82, 2.24) is 15.2 Å². The second kappa shape index (κ2) is 8.58. The number of hydrogen-bond acceptors (Lipinski definition) is 6. The molecule has 1 saturated carbocycles. The van der Waals surface area contributed by atoms with Crippen LogP contribution in [0.25, 0.3) is 21.3 Å². The zero-order valence-electron chi connectivity index (χ0n) is 20.4. The molecule has 3 fully saturated rings. The zero-order valence-corrected chi connectivity index (χ0v) is 21.9. The highest BCUT2D eigenvalue weighted by Gasteiger charge is 2.72. The van der Waals surface area contributed by atoms with Crippen molar-refractivity contribution >= 4 is 45.0 Å². The molecule has 3 atom stereocenters. The zero-order chi connectivity index (χ0) is 25.4. The number of rotatable bonds is 5. The molecule has 0 spiro atoms. The molecule has 2 aliphatic heterocycles. The van der Waals surface area contributed by atoms with Gasteiger partial charge in [-0.1, -0.05) is 25.4 Å². The van der Waals surface area contributed by atoms with E-state index in [1.165, 1.54) is 16.2 Å². The Bertz CT molecular complexity index is 1390. The fraction of sp³-hybridized carbons (Fsp3) is 0.444. The van der Waals surface area contributed by atoms with E-state index in [1.54, 1.807) is 6.20 Å². The van der Waals surface area contributed by atoms with Gasteiger partial charge in [0.2, 0.25) is 11.8 Å². The average Bonchev–Trinajstić information content (AvgIpc) is 3.13. The highest BCUT2D eigenvalue weighted by molar-refractivity contribution is 7.19. The van der Waals surface area contributed by atoms with Crippen molar-refractivity contribution in [3.05, 3.63) is 51.2 Å². The minimum absolute atomic E-state index is 0.0354. The summed E-state index contributed by atoms with van der Waals surface area (Å²) in [5.74, 6) is -1.45. The van der Waals surface area contributed by atoms with Crippen molar-refractivity contribution in [2.75, 3.05) is 19.7 Å². The number of amides is 2. The Morgan fingerprint density at radius 1 is 1.25 bits per heavy atom. The summed E-state index contributed by atoms with van der Waals surface area (Å²) in [6, 6.07) is 5.72. The van der Waals surface area contributed by atoms with Crippen LogP contribution in [0.3, 0.4) is 0 Å². The molecule has 188 valence electrons. The number of hydrogen-bond donors (Lipinski definition) is 1. The van der Waals surface area contributed by atoms with Crippen LogP contribution in [-0.4, -0.2) is 47.5 Å². The van der Waals surface area contributed by atoms with Gasteiger partial charge in [-0.2, -0.15) is 0 Å². The number of aryl methyl sites for hydroxylation is 1. The quantitative estimate of drug-likeness (QED) is 0.485. The Hall–Kier alpha value is -2.39. The van der Waals surface area contributed by atoms with Gasteiger partial charge in [0.25, 0.3) is 0 Å². The van der Waals surface area contributed by atoms with Crippen LogP contribution in [0.5, 0.6) is 0 Å². The molecule has 1 N–H and O–H groups in total. The summed E-state index contributed by atoms with van der Waals surface area (Å²) in [7, 11) is 0. The van der Waals surface area contributed by atoms with Crippen molar-refractivity contribution in [3.63, 3.8) is 0 Å². The van der Waals surface area contributed by atoms with E-state index in [9.17, 15) is 9.59 Å². The number of likely N-dealkylation sites (tertiary alicyclic amines) is 1. The topological polar surface area (TPSA) is 71.5 Å². The summed E-state index contributed by atoms with van der Waals surface area (Å²) in [5.41, 5.74) is 3.85. The lowest BCUT2D eigenvalue weighted by atomic mass is 9.92. The number of pyridine rings is 1. The van der Waals surface area contributed by atoms with Crippen molar-refractivity contribution < 1.29 is 18.7 Å². The van der Waals surface area contributed by atoms with E-state index < -0.39 is 5.82 Å². The minimum Gasteiger partial charge on any atom is -0.375 e. The second-order valence-corrected chi connectivity index (χ2v) is 12.1. The minimum atomic E-state index is -0.475. The predicted octanol–water partition coefficient (Wildman–Crippen LogP) is 4.74. The third-order valence-corrected chi connectivity index (χ3v) is 9.33. The number of thiophene rings is 1. The molecule has 3 aromatic rings. The van der Waals surface area contributed by atoms with Gasteiger partial charge in [-0.05, 0) is 47.2 Å². The van der Waals surface area contributed by atoms with E-state index in [1.807, 2.05) is 39.0 Å². The number of aromatic nitrogens is 1. The molecule has 2 amide bonds. The number of ether oxygens (including phenoxy) is 1. The van der Waals surface area contributed by atoms with Crippen molar-refractivity contribution in [1.29, 1.82) is 0 Å². The molecular formula is C27H27ClFN3O3S. The molecule has 9 heteroatoms. The van der Waals surface area contributed by atoms with E-state index in [2.05, 4.69) is 10.3 Å². The van der Waals surface area contributed by atoms with Gasteiger partial charge in [0.15, 0.2) is 5.82 Å². The summed E-state index contributed by atoms with van der Waals surface area (Å²) < 4.78 is 22.2. The summed E-state index contributed by atoms with van der Waals surface area (Å²) in [6.45, 7) is 8.11. The van der Waals surface area contributed by atoms with Crippen LogP contribution in [0.1, 0.15) is 29.9 Å². The maximum Gasteiger partial charge on any atom is 0.234 e. The number of benzene rings is 1. The fourth-order valence-electron chi connectivity index (χ4n) is 5.89. The molecular weight excluding hydrogens is 501 g/mol. The van der Waals surface area contributed by atoms with Crippen LogP contribution in [0.2, 0.25) is 5.02 Å². The normalized spacial score (nSPS) is 25.0. The number of halogens is 2. The number of imide groups is 1. The third-order valence-electron chi connectivity index (χ3n) is 7.94. The van der Waals surface area contributed by atoms with Crippen molar-refractivity contribution in [2.24, 2.45) is 17.3 Å². The van der Waals surface area contributed by atoms with Gasteiger partial charge >= 0.3 is 0 Å². The molecule has 1 aromatic carbocycles. The lowest BCUT2D eigenvalue weighted by Crippen LogP contribution is -2.39. The molecule has 0 bridgehead atoms. The first kappa shape index (κ1) is 24.0. The highest BCUT2D eigenvalue weighted by atomic mass is 35.5. The molecule has 1 aliphatic carbocycles. The van der Waals surface area contributed by atoms with Crippen LogP contribution in [0.4, 0.5) is 4.39 Å². The number of carbonyl (C=O) groups is 2. The third kappa shape index (κ3) is 3.69. The van der Waals surface area contributed by atoms with Gasteiger partial charge in [-0.15, -0.1) is 11.3 Å². The predicted molar refractivity (Wildman–Crippen MR) is 137 cm³/mol. The van der Waals surface area contributed by atoms with Crippen LogP contribution in [-0.2, 0) is 27.3 Å². The smallest absolute Gasteiger partial charge is 0.234 e. The Balaban J connectivity index is 1.39. The standard InChI is InChI=1S/C27H27ClFN3O3S/c1-13-8-14(28)9-18(17(13)10-15-11-30-6-7-35-15)16-4-5-31-23-22(29)19(36-24(16)23)12-32-25(33)20-21(26(32)34)27(20,2)3/h4-5,8-9,15,20-21,30H,6-7,10-12H2,1-3H3. The lowest BCUT2D eigenvalue weighted by molar-refractivity contribution is -0.143. The van der Waals surface area contributed by atoms with E-state index in [0.717, 1.165) is 35.3 Å². The van der Waals surface area contributed by atoms with Crippen LogP contribution in [0, 0.1) is 30.0 Å². The van der Waals surface area contributed by atoms with Crippen LogP contribution >= 0.6 is 22.9 Å². The molecule has 6 rings (SSSR count). The summed E-state index contributed by atoms with van der Waals surface area (Å²) in [5, 5.41) is 3.97. The molecule has 3 unspecified atom stereocenters. The van der Waals surface area contributed by atoms with Gasteiger partial charge in [0.05, 0.1) is 40.7 Å². The first-order valence-corrected chi connectivity index (χ1v) is 13.4. The van der Waals surface area contributed by atoms with Crippen molar-refractivity contribution in [3.8, 4) is 11.1 Å². The van der Waals surface area contributed by atoms with Gasteiger partial charge < -0.3 is 10.1 Å². The van der Waals surface area contributed by atoms with Crippen LogP contribution in [0.15, 0.2) is 24.4 Å². The second-order valence-electron chi connectivity index (χ2n) is 10.6. The summed E-state index contributed by atoms with van der Waals surface area (Å²) in [4.78, 5) is 31.6. The molecule has 4 heterocycles. The van der Waals surface area contributed by atoms with E-state index in [-0.39, 0.29) is 47.2 Å². The van der Waals surface area contributed by atoms with E-state index in [0.29, 0.717) is 27.6 Å². The maximum absolute atomic E-state index is 15.6. The van der Waals surface area contributed by atoms with E-state index >= 15 is 4.39 Å². The summed E-state index contributed by atoms with van der Waals surface area (Å²) in [6.07, 6.45) is 2.33. The lowest BCUT2D eigenvalue weighted by Gasteiger charge is -2.25. The number of nitrogens with one attached hydrogen (secondary N) is 1.